The zero-order valence-corrected chi connectivity index (χ0v) is 10.4. The van der Waals surface area contributed by atoms with Gasteiger partial charge in [-0.15, -0.1) is 11.3 Å². The first-order valence-electron chi connectivity index (χ1n) is 5.60. The second kappa shape index (κ2) is 3.82. The highest BCUT2D eigenvalue weighted by Crippen LogP contribution is 2.32. The van der Waals surface area contributed by atoms with Crippen LogP contribution in [-0.4, -0.2) is 34.3 Å². The van der Waals surface area contributed by atoms with E-state index in [1.54, 1.807) is 11.3 Å². The predicted molar refractivity (Wildman–Crippen MR) is 69.4 cm³/mol. The molecule has 0 aromatic carbocycles. The number of aromatic nitrogens is 2. The fourth-order valence-electron chi connectivity index (χ4n) is 2.22. The zero-order chi connectivity index (χ0) is 12.0. The standard InChI is InChI=1S/C11H14N4OS/c1-6-4-8-9(15-3-2-7(16)5-15)13-11(12)14-10(8)17-6/h4,7,16H,2-3,5H2,1H3,(H2,12,13,14). The molecule has 17 heavy (non-hydrogen) atoms. The van der Waals surface area contributed by atoms with E-state index in [2.05, 4.69) is 20.9 Å². The Morgan fingerprint density at radius 2 is 2.35 bits per heavy atom. The molecular weight excluding hydrogens is 236 g/mol. The van der Waals surface area contributed by atoms with Gasteiger partial charge in [0.25, 0.3) is 0 Å². The predicted octanol–water partition coefficient (Wildman–Crippen LogP) is 1.15. The van der Waals surface area contributed by atoms with Crippen molar-refractivity contribution in [2.75, 3.05) is 23.7 Å². The van der Waals surface area contributed by atoms with Crippen LogP contribution in [0.15, 0.2) is 6.07 Å². The molecule has 0 amide bonds. The van der Waals surface area contributed by atoms with Crippen molar-refractivity contribution < 1.29 is 5.11 Å². The number of aliphatic hydroxyl groups excluding tert-OH is 1. The largest absolute Gasteiger partial charge is 0.391 e. The molecule has 3 rings (SSSR count). The molecule has 1 unspecified atom stereocenters. The molecular formula is C11H14N4OS. The SMILES string of the molecule is Cc1cc2c(N3CCC(O)C3)nc(N)nc2s1. The van der Waals surface area contributed by atoms with Gasteiger partial charge in [-0.05, 0) is 19.4 Å². The molecule has 1 saturated heterocycles. The van der Waals surface area contributed by atoms with Crippen molar-refractivity contribution in [1.29, 1.82) is 0 Å². The second-order valence-corrected chi connectivity index (χ2v) is 5.60. The van der Waals surface area contributed by atoms with Gasteiger partial charge >= 0.3 is 0 Å². The van der Waals surface area contributed by atoms with E-state index in [-0.39, 0.29) is 6.10 Å². The van der Waals surface area contributed by atoms with Gasteiger partial charge in [-0.1, -0.05) is 0 Å². The van der Waals surface area contributed by atoms with E-state index in [1.807, 2.05) is 6.92 Å². The Hall–Kier alpha value is -1.40. The van der Waals surface area contributed by atoms with Gasteiger partial charge in [0.2, 0.25) is 5.95 Å². The lowest BCUT2D eigenvalue weighted by Gasteiger charge is -2.17. The molecule has 6 heteroatoms. The summed E-state index contributed by atoms with van der Waals surface area (Å²) in [5.74, 6) is 1.16. The minimum absolute atomic E-state index is 0.263. The summed E-state index contributed by atoms with van der Waals surface area (Å²) in [5.41, 5.74) is 5.73. The molecule has 2 aromatic heterocycles. The number of thiophene rings is 1. The third-order valence-corrected chi connectivity index (χ3v) is 3.92. The van der Waals surface area contributed by atoms with Crippen molar-refractivity contribution >= 4 is 33.3 Å². The van der Waals surface area contributed by atoms with Crippen LogP contribution in [0.3, 0.4) is 0 Å². The highest BCUT2D eigenvalue weighted by Gasteiger charge is 2.24. The third-order valence-electron chi connectivity index (χ3n) is 2.98. The molecule has 0 radical (unpaired) electrons. The first-order chi connectivity index (χ1) is 8.13. The van der Waals surface area contributed by atoms with E-state index in [4.69, 9.17) is 5.73 Å². The molecule has 1 aliphatic heterocycles. The van der Waals surface area contributed by atoms with Gasteiger partial charge < -0.3 is 15.7 Å². The maximum atomic E-state index is 9.59. The van der Waals surface area contributed by atoms with Gasteiger partial charge in [0.15, 0.2) is 0 Å². The first kappa shape index (κ1) is 10.7. The fourth-order valence-corrected chi connectivity index (χ4v) is 3.10. The monoisotopic (exact) mass is 250 g/mol. The van der Waals surface area contributed by atoms with Crippen LogP contribution in [0.2, 0.25) is 0 Å². The van der Waals surface area contributed by atoms with E-state index in [9.17, 15) is 5.11 Å². The van der Waals surface area contributed by atoms with Crippen molar-refractivity contribution in [3.05, 3.63) is 10.9 Å². The van der Waals surface area contributed by atoms with Gasteiger partial charge in [-0.2, -0.15) is 4.98 Å². The molecule has 3 N–H and O–H groups in total. The molecule has 0 spiro atoms. The van der Waals surface area contributed by atoms with Crippen LogP contribution in [-0.2, 0) is 0 Å². The van der Waals surface area contributed by atoms with Crippen molar-refractivity contribution in [3.8, 4) is 0 Å². The number of fused-ring (bicyclic) bond motifs is 1. The lowest BCUT2D eigenvalue weighted by Crippen LogP contribution is -2.22. The van der Waals surface area contributed by atoms with Crippen LogP contribution >= 0.6 is 11.3 Å². The van der Waals surface area contributed by atoms with Gasteiger partial charge in [-0.3, -0.25) is 0 Å². The number of hydrogen-bond donors (Lipinski definition) is 2. The number of nitrogens with two attached hydrogens (primary N) is 1. The van der Waals surface area contributed by atoms with Crippen molar-refractivity contribution in [2.45, 2.75) is 19.4 Å². The summed E-state index contributed by atoms with van der Waals surface area (Å²) in [6.45, 7) is 3.49. The summed E-state index contributed by atoms with van der Waals surface area (Å²) >= 11 is 1.62. The molecule has 1 atom stereocenters. The molecule has 0 saturated carbocycles. The Balaban J connectivity index is 2.14. The number of nitrogen functional groups attached to an aromatic ring is 1. The van der Waals surface area contributed by atoms with Crippen LogP contribution < -0.4 is 10.6 Å². The lowest BCUT2D eigenvalue weighted by atomic mass is 10.3. The Morgan fingerprint density at radius 1 is 1.53 bits per heavy atom. The molecule has 0 bridgehead atoms. The Morgan fingerprint density at radius 3 is 3.06 bits per heavy atom. The smallest absolute Gasteiger partial charge is 0.223 e. The van der Waals surface area contributed by atoms with E-state index < -0.39 is 0 Å². The van der Waals surface area contributed by atoms with Gasteiger partial charge in [0.05, 0.1) is 11.5 Å². The Labute approximate surface area is 103 Å². The number of rotatable bonds is 1. The molecule has 2 aromatic rings. The fraction of sp³-hybridized carbons (Fsp3) is 0.455. The van der Waals surface area contributed by atoms with Crippen molar-refractivity contribution in [1.82, 2.24) is 9.97 Å². The average Bonchev–Trinajstić information content (AvgIpc) is 2.82. The van der Waals surface area contributed by atoms with Gasteiger partial charge in [0, 0.05) is 18.0 Å². The topological polar surface area (TPSA) is 75.3 Å². The summed E-state index contributed by atoms with van der Waals surface area (Å²) in [6, 6.07) is 2.08. The molecule has 3 heterocycles. The lowest BCUT2D eigenvalue weighted by molar-refractivity contribution is 0.198. The minimum Gasteiger partial charge on any atom is -0.391 e. The van der Waals surface area contributed by atoms with E-state index >= 15 is 0 Å². The normalized spacial score (nSPS) is 20.4. The number of anilines is 2. The second-order valence-electron chi connectivity index (χ2n) is 4.37. The van der Waals surface area contributed by atoms with Crippen LogP contribution in [0.4, 0.5) is 11.8 Å². The van der Waals surface area contributed by atoms with E-state index in [1.165, 1.54) is 4.88 Å². The maximum absolute atomic E-state index is 9.59. The Kier molecular flexibility index (Phi) is 2.41. The first-order valence-corrected chi connectivity index (χ1v) is 6.42. The number of aryl methyl sites for hydroxylation is 1. The van der Waals surface area contributed by atoms with Crippen molar-refractivity contribution in [2.24, 2.45) is 0 Å². The Bertz CT molecular complexity index is 568. The van der Waals surface area contributed by atoms with Crippen molar-refractivity contribution in [3.63, 3.8) is 0 Å². The summed E-state index contributed by atoms with van der Waals surface area (Å²) in [4.78, 5) is 12.8. The van der Waals surface area contributed by atoms with E-state index in [0.29, 0.717) is 12.5 Å². The molecule has 1 fully saturated rings. The van der Waals surface area contributed by atoms with Crippen LogP contribution in [0.1, 0.15) is 11.3 Å². The highest BCUT2D eigenvalue weighted by atomic mass is 32.1. The maximum Gasteiger partial charge on any atom is 0.223 e. The summed E-state index contributed by atoms with van der Waals surface area (Å²) in [5, 5.41) is 10.6. The quantitative estimate of drug-likeness (QED) is 0.794. The van der Waals surface area contributed by atoms with E-state index in [0.717, 1.165) is 29.0 Å². The molecule has 5 nitrogen and oxygen atoms in total. The third kappa shape index (κ3) is 1.83. The molecule has 0 aliphatic carbocycles. The summed E-state index contributed by atoms with van der Waals surface area (Å²) in [6.07, 6.45) is 0.523. The van der Waals surface area contributed by atoms with Gasteiger partial charge in [-0.25, -0.2) is 4.98 Å². The van der Waals surface area contributed by atoms with Crippen LogP contribution in [0.5, 0.6) is 0 Å². The number of β-amino-alcohol motifs (C(OH)–C–C–N with tert-alkyl or cyclic N) is 1. The summed E-state index contributed by atoms with van der Waals surface area (Å²) in [7, 11) is 0. The number of aliphatic hydroxyl groups is 1. The zero-order valence-electron chi connectivity index (χ0n) is 9.55. The van der Waals surface area contributed by atoms with Gasteiger partial charge in [0.1, 0.15) is 10.6 Å². The molecule has 90 valence electrons. The van der Waals surface area contributed by atoms with Crippen LogP contribution in [0, 0.1) is 6.92 Å². The average molecular weight is 250 g/mol. The number of nitrogens with zero attached hydrogens (tertiary/aromatic N) is 3. The minimum atomic E-state index is -0.263. The summed E-state index contributed by atoms with van der Waals surface area (Å²) < 4.78 is 0. The number of hydrogen-bond acceptors (Lipinski definition) is 6. The van der Waals surface area contributed by atoms with Crippen LogP contribution in [0.25, 0.3) is 10.2 Å². The highest BCUT2D eigenvalue weighted by molar-refractivity contribution is 7.18. The molecule has 1 aliphatic rings.